The van der Waals surface area contributed by atoms with E-state index in [4.69, 9.17) is 21.1 Å². The fourth-order valence-electron chi connectivity index (χ4n) is 6.04. The molecule has 5 heteroatoms. The van der Waals surface area contributed by atoms with Crippen LogP contribution in [0.15, 0.2) is 60.7 Å². The van der Waals surface area contributed by atoms with Gasteiger partial charge in [0.05, 0.1) is 12.0 Å². The van der Waals surface area contributed by atoms with Crippen molar-refractivity contribution < 1.29 is 19.4 Å². The van der Waals surface area contributed by atoms with Crippen molar-refractivity contribution in [3.63, 3.8) is 0 Å². The van der Waals surface area contributed by atoms with E-state index in [0.717, 1.165) is 53.7 Å². The molecule has 3 aromatic carbocycles. The number of aliphatic carboxylic acids is 1. The van der Waals surface area contributed by atoms with Gasteiger partial charge in [-0.25, -0.2) is 0 Å². The number of ether oxygens (including phenoxy) is 2. The molecule has 0 aliphatic heterocycles. The van der Waals surface area contributed by atoms with E-state index in [1.807, 2.05) is 24.3 Å². The van der Waals surface area contributed by atoms with Crippen molar-refractivity contribution in [1.82, 2.24) is 0 Å². The van der Waals surface area contributed by atoms with Crippen molar-refractivity contribution >= 4 is 17.6 Å². The molecule has 0 bridgehead atoms. The van der Waals surface area contributed by atoms with Crippen molar-refractivity contribution in [3.8, 4) is 16.9 Å². The normalized spacial score (nSPS) is 21.3. The second kappa shape index (κ2) is 9.91. The van der Waals surface area contributed by atoms with Gasteiger partial charge in [-0.15, -0.1) is 0 Å². The number of hydrogen-bond donors (Lipinski definition) is 1. The van der Waals surface area contributed by atoms with Gasteiger partial charge in [-0.1, -0.05) is 55.8 Å². The summed E-state index contributed by atoms with van der Waals surface area (Å²) in [7, 11) is 1.75. The summed E-state index contributed by atoms with van der Waals surface area (Å²) in [5.41, 5.74) is 6.58. The quantitative estimate of drug-likeness (QED) is 0.343. The molecule has 0 heterocycles. The highest BCUT2D eigenvalue weighted by Crippen LogP contribution is 2.60. The van der Waals surface area contributed by atoms with Crippen molar-refractivity contribution in [2.75, 3.05) is 7.11 Å². The number of methoxy groups -OCH3 is 1. The van der Waals surface area contributed by atoms with Crippen LogP contribution in [0.3, 0.4) is 0 Å². The number of hydrogen-bond acceptors (Lipinski definition) is 3. The molecule has 2 aliphatic rings. The van der Waals surface area contributed by atoms with Crippen LogP contribution in [0.1, 0.15) is 61.5 Å². The molecule has 3 atom stereocenters. The SMILES string of the molecule is CO[C@@H](c1cc(COc2ccc3c(c2)[C@@]2(CCC3)C[C@@H]2C(=O)O)ccc1-c1cccc(Cl)c1)C(C)C. The molecule has 1 saturated carbocycles. The van der Waals surface area contributed by atoms with Crippen LogP contribution in [0.4, 0.5) is 0 Å². The minimum atomic E-state index is -0.681. The van der Waals surface area contributed by atoms with Crippen LogP contribution < -0.4 is 4.74 Å². The Labute approximate surface area is 218 Å². The maximum Gasteiger partial charge on any atom is 0.307 e. The van der Waals surface area contributed by atoms with E-state index in [1.165, 1.54) is 11.1 Å². The van der Waals surface area contributed by atoms with Crippen LogP contribution in [-0.2, 0) is 28.0 Å². The molecule has 1 N–H and O–H groups in total. The maximum absolute atomic E-state index is 11.7. The van der Waals surface area contributed by atoms with Gasteiger partial charge in [0, 0.05) is 17.5 Å². The van der Waals surface area contributed by atoms with E-state index < -0.39 is 5.97 Å². The van der Waals surface area contributed by atoms with E-state index in [9.17, 15) is 9.90 Å². The topological polar surface area (TPSA) is 55.8 Å². The molecule has 4 nitrogen and oxygen atoms in total. The van der Waals surface area contributed by atoms with Gasteiger partial charge in [0.25, 0.3) is 0 Å². The van der Waals surface area contributed by atoms with Gasteiger partial charge in [0.15, 0.2) is 0 Å². The zero-order valence-electron chi connectivity index (χ0n) is 21.1. The maximum atomic E-state index is 11.7. The molecule has 1 spiro atoms. The first-order valence-corrected chi connectivity index (χ1v) is 13.1. The number of fused-ring (bicyclic) bond motifs is 2. The fraction of sp³-hybridized carbons (Fsp3) is 0.387. The fourth-order valence-corrected chi connectivity index (χ4v) is 6.23. The third-order valence-electron chi connectivity index (χ3n) is 7.88. The average Bonchev–Trinajstić information content (AvgIpc) is 3.58. The average molecular weight is 505 g/mol. The predicted octanol–water partition coefficient (Wildman–Crippen LogP) is 7.61. The highest BCUT2D eigenvalue weighted by Gasteiger charge is 2.60. The number of aryl methyl sites for hydroxylation is 1. The third kappa shape index (κ3) is 4.65. The summed E-state index contributed by atoms with van der Waals surface area (Å²) in [5, 5.41) is 10.3. The van der Waals surface area contributed by atoms with Gasteiger partial charge < -0.3 is 14.6 Å². The van der Waals surface area contributed by atoms with Gasteiger partial charge in [0.2, 0.25) is 0 Å². The Bertz CT molecular complexity index is 1280. The van der Waals surface area contributed by atoms with E-state index >= 15 is 0 Å². The molecule has 0 amide bonds. The first-order chi connectivity index (χ1) is 17.3. The smallest absolute Gasteiger partial charge is 0.307 e. The van der Waals surface area contributed by atoms with Gasteiger partial charge in [-0.3, -0.25) is 4.79 Å². The first kappa shape index (κ1) is 24.9. The molecule has 1 fully saturated rings. The molecule has 0 radical (unpaired) electrons. The van der Waals surface area contributed by atoms with Gasteiger partial charge >= 0.3 is 5.97 Å². The summed E-state index contributed by atoms with van der Waals surface area (Å²) in [4.78, 5) is 11.7. The number of halogens is 1. The van der Waals surface area contributed by atoms with Crippen LogP contribution in [-0.4, -0.2) is 18.2 Å². The van der Waals surface area contributed by atoms with Gasteiger partial charge in [-0.05, 0) is 95.3 Å². The van der Waals surface area contributed by atoms with Crippen molar-refractivity contribution in [2.45, 2.75) is 57.7 Å². The molecule has 5 rings (SSSR count). The molecular formula is C31H33ClO4. The summed E-state index contributed by atoms with van der Waals surface area (Å²) in [6.45, 7) is 4.74. The Morgan fingerprint density at radius 2 is 1.97 bits per heavy atom. The number of rotatable bonds is 8. The van der Waals surface area contributed by atoms with Gasteiger partial charge in [0.1, 0.15) is 12.4 Å². The van der Waals surface area contributed by atoms with Crippen molar-refractivity contribution in [2.24, 2.45) is 11.8 Å². The molecule has 0 aromatic heterocycles. The Hall–Kier alpha value is -2.82. The molecule has 3 aromatic rings. The van der Waals surface area contributed by atoms with Crippen LogP contribution in [0.25, 0.3) is 11.1 Å². The van der Waals surface area contributed by atoms with Crippen LogP contribution in [0, 0.1) is 11.8 Å². The lowest BCUT2D eigenvalue weighted by Crippen LogP contribution is -2.21. The summed E-state index contributed by atoms with van der Waals surface area (Å²) < 4.78 is 12.2. The Morgan fingerprint density at radius 3 is 2.67 bits per heavy atom. The highest BCUT2D eigenvalue weighted by atomic mass is 35.5. The Morgan fingerprint density at radius 1 is 1.14 bits per heavy atom. The largest absolute Gasteiger partial charge is 0.489 e. The standard InChI is InChI=1S/C31H33ClO4/c1-19(2)29(35-3)26-14-20(9-12-25(26)22-6-4-8-23(32)15-22)18-36-24-11-10-21-7-5-13-31(27(21)16-24)17-28(31)30(33)34/h4,6,8-12,14-16,19,28-29H,5,7,13,17-18H2,1-3H3,(H,33,34)/t28-,29-,31-/m1/s1. The number of carboxylic acid groups (broad SMARTS) is 1. The molecular weight excluding hydrogens is 472 g/mol. The Balaban J connectivity index is 1.42. The summed E-state index contributed by atoms with van der Waals surface area (Å²) in [6.07, 6.45) is 3.68. The lowest BCUT2D eigenvalue weighted by Gasteiger charge is -2.27. The first-order valence-electron chi connectivity index (χ1n) is 12.7. The highest BCUT2D eigenvalue weighted by molar-refractivity contribution is 6.30. The summed E-state index contributed by atoms with van der Waals surface area (Å²) in [6, 6.07) is 20.5. The molecule has 0 unspecified atom stereocenters. The van der Waals surface area contributed by atoms with E-state index in [-0.39, 0.29) is 17.4 Å². The lowest BCUT2D eigenvalue weighted by atomic mass is 9.78. The van der Waals surface area contributed by atoms with Crippen LogP contribution >= 0.6 is 11.6 Å². The minimum Gasteiger partial charge on any atom is -0.489 e. The molecule has 188 valence electrons. The van der Waals surface area contributed by atoms with E-state index in [1.54, 1.807) is 7.11 Å². The third-order valence-corrected chi connectivity index (χ3v) is 8.12. The van der Waals surface area contributed by atoms with Gasteiger partial charge in [-0.2, -0.15) is 0 Å². The lowest BCUT2D eigenvalue weighted by molar-refractivity contribution is -0.139. The van der Waals surface area contributed by atoms with Crippen molar-refractivity contribution in [1.29, 1.82) is 0 Å². The number of benzene rings is 3. The predicted molar refractivity (Wildman–Crippen MR) is 143 cm³/mol. The Kier molecular flexibility index (Phi) is 6.84. The second-order valence-electron chi connectivity index (χ2n) is 10.5. The number of carboxylic acids is 1. The van der Waals surface area contributed by atoms with Crippen LogP contribution in [0.2, 0.25) is 5.02 Å². The van der Waals surface area contributed by atoms with E-state index in [0.29, 0.717) is 17.5 Å². The van der Waals surface area contributed by atoms with E-state index in [2.05, 4.69) is 50.2 Å². The minimum absolute atomic E-state index is 0.0645. The summed E-state index contributed by atoms with van der Waals surface area (Å²) in [5.74, 6) is 0.134. The molecule has 36 heavy (non-hydrogen) atoms. The summed E-state index contributed by atoms with van der Waals surface area (Å²) >= 11 is 6.29. The van der Waals surface area contributed by atoms with Crippen LogP contribution in [0.5, 0.6) is 5.75 Å². The monoisotopic (exact) mass is 504 g/mol. The zero-order chi connectivity index (χ0) is 25.4. The molecule has 2 aliphatic carbocycles. The molecule has 0 saturated heterocycles. The van der Waals surface area contributed by atoms with Crippen molar-refractivity contribution in [3.05, 3.63) is 87.9 Å². The number of carbonyl (C=O) groups is 1. The second-order valence-corrected chi connectivity index (χ2v) is 11.0. The zero-order valence-corrected chi connectivity index (χ0v) is 21.8.